The lowest BCUT2D eigenvalue weighted by Gasteiger charge is -2.05. The van der Waals surface area contributed by atoms with E-state index in [1.807, 2.05) is 6.07 Å². The fourth-order valence-electron chi connectivity index (χ4n) is 1.99. The number of nitriles is 1. The molecule has 0 atom stereocenters. The van der Waals surface area contributed by atoms with Crippen LogP contribution in [0, 0.1) is 11.3 Å². The van der Waals surface area contributed by atoms with Crippen LogP contribution in [-0.4, -0.2) is 14.4 Å². The van der Waals surface area contributed by atoms with Gasteiger partial charge in [0.2, 0.25) is 0 Å². The van der Waals surface area contributed by atoms with Crippen LogP contribution in [0.25, 0.3) is 11.2 Å². The highest BCUT2D eigenvalue weighted by atomic mass is 35.5. The number of aromatic nitrogens is 3. The normalized spacial score (nSPS) is 11.2. The predicted molar refractivity (Wildman–Crippen MR) is 87.9 cm³/mol. The Morgan fingerprint density at radius 3 is 2.91 bits per heavy atom. The Balaban J connectivity index is 1.99. The summed E-state index contributed by atoms with van der Waals surface area (Å²) in [4.78, 5) is 20.7. The third-order valence-electron chi connectivity index (χ3n) is 3.10. The van der Waals surface area contributed by atoms with Crippen LogP contribution < -0.4 is 10.9 Å². The highest BCUT2D eigenvalue weighted by molar-refractivity contribution is 6.30. The van der Waals surface area contributed by atoms with E-state index in [4.69, 9.17) is 11.6 Å². The van der Waals surface area contributed by atoms with Gasteiger partial charge in [0.05, 0.1) is 22.5 Å². The molecule has 0 aliphatic heterocycles. The van der Waals surface area contributed by atoms with Gasteiger partial charge in [0, 0.05) is 18.6 Å². The van der Waals surface area contributed by atoms with Crippen molar-refractivity contribution in [2.24, 2.45) is 0 Å². The van der Waals surface area contributed by atoms with E-state index in [0.717, 1.165) is 0 Å². The molecule has 0 saturated heterocycles. The second kappa shape index (κ2) is 6.30. The Bertz CT molecular complexity index is 989. The first-order valence-corrected chi connectivity index (χ1v) is 7.02. The Morgan fingerprint density at radius 2 is 2.17 bits per heavy atom. The van der Waals surface area contributed by atoms with Gasteiger partial charge in [-0.1, -0.05) is 17.7 Å². The van der Waals surface area contributed by atoms with E-state index in [9.17, 15) is 10.1 Å². The molecule has 112 valence electrons. The van der Waals surface area contributed by atoms with Gasteiger partial charge in [0.1, 0.15) is 17.4 Å². The summed E-state index contributed by atoms with van der Waals surface area (Å²) in [5.41, 5.74) is 1.22. The molecule has 1 N–H and O–H groups in total. The molecule has 6 nitrogen and oxygen atoms in total. The van der Waals surface area contributed by atoms with E-state index in [2.05, 4.69) is 15.3 Å². The number of nitrogens with zero attached hydrogens (tertiary/aromatic N) is 4. The van der Waals surface area contributed by atoms with Crippen molar-refractivity contribution < 1.29 is 0 Å². The van der Waals surface area contributed by atoms with Crippen molar-refractivity contribution in [3.05, 3.63) is 76.2 Å². The molecule has 0 aromatic carbocycles. The summed E-state index contributed by atoms with van der Waals surface area (Å²) < 4.78 is 1.34. The number of pyridine rings is 2. The Morgan fingerprint density at radius 1 is 1.30 bits per heavy atom. The van der Waals surface area contributed by atoms with Crippen molar-refractivity contribution in [3.63, 3.8) is 0 Å². The number of anilines is 1. The first-order chi connectivity index (χ1) is 11.2. The number of rotatable bonds is 3. The largest absolute Gasteiger partial charge is 0.355 e. The lowest BCUT2D eigenvalue weighted by Crippen LogP contribution is -2.17. The summed E-state index contributed by atoms with van der Waals surface area (Å²) in [7, 11) is 0. The van der Waals surface area contributed by atoms with Crippen LogP contribution in [0.15, 0.2) is 59.9 Å². The molecular weight excluding hydrogens is 314 g/mol. The van der Waals surface area contributed by atoms with Crippen LogP contribution in [0.2, 0.25) is 5.02 Å². The average molecular weight is 324 g/mol. The molecule has 0 radical (unpaired) electrons. The van der Waals surface area contributed by atoms with Crippen molar-refractivity contribution >= 4 is 28.5 Å². The van der Waals surface area contributed by atoms with Crippen molar-refractivity contribution in [2.75, 3.05) is 5.32 Å². The van der Waals surface area contributed by atoms with Gasteiger partial charge in [-0.25, -0.2) is 4.98 Å². The Hall–Kier alpha value is -3.17. The van der Waals surface area contributed by atoms with Gasteiger partial charge >= 0.3 is 0 Å². The maximum absolute atomic E-state index is 12.4. The van der Waals surface area contributed by atoms with Gasteiger partial charge in [-0.15, -0.1) is 0 Å². The molecule has 3 aromatic heterocycles. The zero-order valence-corrected chi connectivity index (χ0v) is 12.5. The van der Waals surface area contributed by atoms with Crippen LogP contribution in [0.1, 0.15) is 5.69 Å². The van der Waals surface area contributed by atoms with Gasteiger partial charge in [-0.3, -0.25) is 14.2 Å². The summed E-state index contributed by atoms with van der Waals surface area (Å²) in [5.74, 6) is 0. The average Bonchev–Trinajstić information content (AvgIpc) is 2.58. The van der Waals surface area contributed by atoms with E-state index >= 15 is 0 Å². The number of halogens is 1. The molecular formula is C16H10ClN5O. The summed E-state index contributed by atoms with van der Waals surface area (Å²) in [6, 6.07) is 10.6. The number of hydrogen-bond acceptors (Lipinski definition) is 5. The van der Waals surface area contributed by atoms with Crippen molar-refractivity contribution in [1.29, 1.82) is 5.26 Å². The zero-order valence-electron chi connectivity index (χ0n) is 11.8. The molecule has 0 aliphatic rings. The number of hydrogen-bond donors (Lipinski definition) is 1. The lowest BCUT2D eigenvalue weighted by molar-refractivity contribution is 1.05. The molecule has 3 aromatic rings. The van der Waals surface area contributed by atoms with Crippen LogP contribution in [0.4, 0.5) is 5.69 Å². The van der Waals surface area contributed by atoms with Gasteiger partial charge in [0.25, 0.3) is 5.56 Å². The van der Waals surface area contributed by atoms with Crippen molar-refractivity contribution in [3.8, 4) is 6.07 Å². The van der Waals surface area contributed by atoms with Crippen LogP contribution in [0.5, 0.6) is 0 Å². The molecule has 7 heteroatoms. The summed E-state index contributed by atoms with van der Waals surface area (Å²) in [5, 5.41) is 12.5. The summed E-state index contributed by atoms with van der Waals surface area (Å²) >= 11 is 5.90. The van der Waals surface area contributed by atoms with Gasteiger partial charge in [-0.05, 0) is 24.3 Å². The monoisotopic (exact) mass is 323 g/mol. The molecule has 3 rings (SSSR count). The van der Waals surface area contributed by atoms with Crippen molar-refractivity contribution in [1.82, 2.24) is 14.4 Å². The molecule has 0 saturated carbocycles. The van der Waals surface area contributed by atoms with E-state index in [-0.39, 0.29) is 11.2 Å². The molecule has 0 spiro atoms. The van der Waals surface area contributed by atoms with Gasteiger partial charge in [0.15, 0.2) is 0 Å². The molecule has 0 fully saturated rings. The number of allylic oxidation sites excluding steroid dienone is 1. The Labute approximate surface area is 136 Å². The van der Waals surface area contributed by atoms with Crippen LogP contribution in [-0.2, 0) is 0 Å². The maximum atomic E-state index is 12.4. The SMILES string of the molecule is N#C/C(=C\Nc1cnc2ccc(Cl)cn2c1=O)c1ccccn1. The highest BCUT2D eigenvalue weighted by Crippen LogP contribution is 2.12. The minimum atomic E-state index is -0.313. The third kappa shape index (κ3) is 3.05. The second-order valence-electron chi connectivity index (χ2n) is 4.58. The lowest BCUT2D eigenvalue weighted by atomic mass is 10.2. The fraction of sp³-hybridized carbons (Fsp3) is 0. The minimum Gasteiger partial charge on any atom is -0.355 e. The fourth-order valence-corrected chi connectivity index (χ4v) is 2.15. The first kappa shape index (κ1) is 14.8. The summed E-state index contributed by atoms with van der Waals surface area (Å²) in [6.45, 7) is 0. The van der Waals surface area contributed by atoms with E-state index < -0.39 is 0 Å². The topological polar surface area (TPSA) is 83.1 Å². The van der Waals surface area contributed by atoms with Gasteiger partial charge in [-0.2, -0.15) is 5.26 Å². The van der Waals surface area contributed by atoms with Crippen LogP contribution in [0.3, 0.4) is 0 Å². The van der Waals surface area contributed by atoms with E-state index in [1.54, 1.807) is 36.5 Å². The smallest absolute Gasteiger partial charge is 0.281 e. The molecule has 0 aliphatic carbocycles. The molecule has 0 amide bonds. The van der Waals surface area contributed by atoms with E-state index in [1.165, 1.54) is 23.0 Å². The number of fused-ring (bicyclic) bond motifs is 1. The quantitative estimate of drug-likeness (QED) is 0.749. The molecule has 0 bridgehead atoms. The third-order valence-corrected chi connectivity index (χ3v) is 3.32. The molecule has 3 heterocycles. The maximum Gasteiger partial charge on any atom is 0.281 e. The minimum absolute atomic E-state index is 0.230. The van der Waals surface area contributed by atoms with Crippen molar-refractivity contribution in [2.45, 2.75) is 0 Å². The first-order valence-electron chi connectivity index (χ1n) is 6.64. The second-order valence-corrected chi connectivity index (χ2v) is 5.02. The Kier molecular flexibility index (Phi) is 4.04. The molecule has 23 heavy (non-hydrogen) atoms. The standard InChI is InChI=1S/C16H10ClN5O/c17-12-4-5-15-21-9-14(16(23)22(15)10-12)20-8-11(7-18)13-3-1-2-6-19-13/h1-6,8-10,20H/b11-8+. The zero-order chi connectivity index (χ0) is 16.2. The molecule has 0 unspecified atom stereocenters. The number of nitrogens with one attached hydrogen (secondary N) is 1. The summed E-state index contributed by atoms with van der Waals surface area (Å²) in [6.07, 6.45) is 5.92. The van der Waals surface area contributed by atoms with Crippen LogP contribution >= 0.6 is 11.6 Å². The predicted octanol–water partition coefficient (Wildman–Crippen LogP) is 2.72. The van der Waals surface area contributed by atoms with Gasteiger partial charge < -0.3 is 5.32 Å². The highest BCUT2D eigenvalue weighted by Gasteiger charge is 2.06. The van der Waals surface area contributed by atoms with E-state index in [0.29, 0.717) is 21.9 Å².